The third-order valence-electron chi connectivity index (χ3n) is 7.19. The molecular weight excluding hydrogens is 930 g/mol. The Morgan fingerprint density at radius 1 is 0.985 bits per heavy atom. The first-order valence-electron chi connectivity index (χ1n) is 17.7. The molecule has 21 nitrogen and oxygen atoms in total. The number of aliphatic carboxylic acids is 1. The maximum absolute atomic E-state index is 13.0. The van der Waals surface area contributed by atoms with Crippen LogP contribution in [0.5, 0.6) is 11.5 Å². The Morgan fingerprint density at radius 2 is 1.63 bits per heavy atom. The first-order chi connectivity index (χ1) is 30.2. The van der Waals surface area contributed by atoms with Gasteiger partial charge in [-0.15, -0.1) is 0 Å². The van der Waals surface area contributed by atoms with Gasteiger partial charge in [0, 0.05) is 30.1 Å². The van der Waals surface area contributed by atoms with E-state index < -0.39 is 96.0 Å². The number of amides is 2. The molecule has 1 aromatic heterocycles. The second kappa shape index (κ2) is 24.7. The van der Waals surface area contributed by atoms with Gasteiger partial charge in [-0.3, -0.25) is 29.8 Å². The van der Waals surface area contributed by atoms with Gasteiger partial charge in [-0.2, -0.15) is 18.3 Å². The van der Waals surface area contributed by atoms with Gasteiger partial charge >= 0.3 is 43.7 Å². The lowest BCUT2D eigenvalue weighted by Crippen LogP contribution is -2.26. The van der Waals surface area contributed by atoms with Gasteiger partial charge in [0.25, 0.3) is 5.69 Å². The van der Waals surface area contributed by atoms with E-state index >= 15 is 0 Å². The van der Waals surface area contributed by atoms with Crippen LogP contribution in [-0.2, 0) is 29.8 Å². The number of carbonyl (C=O) groups is 5. The number of carboxylic acid groups (broad SMARTS) is 2. The molecule has 0 saturated carbocycles. The number of esters is 2. The highest BCUT2D eigenvalue weighted by Gasteiger charge is 2.31. The van der Waals surface area contributed by atoms with Crippen molar-refractivity contribution < 1.29 is 89.6 Å². The van der Waals surface area contributed by atoms with E-state index in [1.807, 2.05) is 0 Å². The molecule has 4 rings (SSSR count). The molecule has 1 unspecified atom stereocenters. The minimum atomic E-state index is -4.61. The summed E-state index contributed by atoms with van der Waals surface area (Å²) in [7, 11) is -4.10. The molecule has 0 fully saturated rings. The standard InChI is InChI=1S/C19H15ClF3NO7.C15H12F2N4O3.C3H8NO5P/c1-3-29-17(25)10(2)30-18(26)13-9-12(5-6-15(13)24(27)28)31-16-7-4-11(8-14(16)20)19(21,22)23;1-8(13-12(14(22)23)3-2-4-18-13)20-21-15(24)19-11-6-9(16)5-10(17)7-11;5-3(6)1-4-2-10(7,8)9/h4-10H,3H2,1-2H3;2-7H,1H3,(H,22,23)(H2,19,21,24);4H,1-2H2,(H,5,6)(H2,7,8,9)/b;20-8+;. The number of ether oxygens (including phenoxy) is 3. The number of carbonyl (C=O) groups excluding carboxylic acids is 3. The number of hydrogen-bond acceptors (Lipinski definition) is 14. The van der Waals surface area contributed by atoms with Crippen LogP contribution < -0.4 is 20.8 Å². The Bertz CT molecular complexity index is 2460. The zero-order chi connectivity index (χ0) is 49.2. The van der Waals surface area contributed by atoms with E-state index in [9.17, 15) is 60.6 Å². The van der Waals surface area contributed by atoms with E-state index in [0.717, 1.165) is 42.5 Å². The molecule has 0 spiro atoms. The number of alkyl halides is 3. The monoisotopic (exact) mass is 964 g/mol. The number of pyridine rings is 1. The molecule has 28 heteroatoms. The number of nitro benzene ring substituents is 1. The first-order valence-corrected chi connectivity index (χ1v) is 19.8. The second-order valence-corrected chi connectivity index (χ2v) is 14.3. The van der Waals surface area contributed by atoms with E-state index in [2.05, 4.69) is 26.1 Å². The van der Waals surface area contributed by atoms with Crippen LogP contribution in [0.2, 0.25) is 5.02 Å². The number of aromatic nitrogens is 1. The summed E-state index contributed by atoms with van der Waals surface area (Å²) >= 11 is 5.83. The van der Waals surface area contributed by atoms with Crippen LogP contribution in [-0.4, -0.2) is 91.1 Å². The van der Waals surface area contributed by atoms with Gasteiger partial charge in [0.1, 0.15) is 34.4 Å². The summed E-state index contributed by atoms with van der Waals surface area (Å²) in [5.41, 5.74) is -0.0118. The van der Waals surface area contributed by atoms with Crippen molar-refractivity contribution in [3.8, 4) is 11.5 Å². The van der Waals surface area contributed by atoms with Gasteiger partial charge < -0.3 is 39.5 Å². The third kappa shape index (κ3) is 19.0. The number of hydrazone groups is 1. The SMILES string of the molecule is C/C(=N\NC(=O)Nc1cc(F)cc(F)c1)c1ncccc1C(=O)O.CCOC(=O)C(C)OC(=O)c1cc(Oc2ccc(C(F)(F)F)cc2Cl)ccc1[N+](=O)[O-].O=C(O)CNCP(=O)(O)O. The van der Waals surface area contributed by atoms with Crippen LogP contribution in [0.1, 0.15) is 52.7 Å². The number of nitrogens with one attached hydrogen (secondary N) is 3. The van der Waals surface area contributed by atoms with E-state index in [1.165, 1.54) is 32.2 Å². The minimum absolute atomic E-state index is 0.0398. The maximum atomic E-state index is 13.0. The lowest BCUT2D eigenvalue weighted by Gasteiger charge is -2.13. The fourth-order valence-electron chi connectivity index (χ4n) is 4.47. The summed E-state index contributed by atoms with van der Waals surface area (Å²) in [4.78, 5) is 87.2. The Morgan fingerprint density at radius 3 is 2.17 bits per heavy atom. The number of nitrogens with zero attached hydrogens (tertiary/aromatic N) is 3. The largest absolute Gasteiger partial charge is 0.480 e. The molecule has 65 heavy (non-hydrogen) atoms. The number of hydrogen-bond donors (Lipinski definition) is 7. The molecule has 4 aromatic rings. The van der Waals surface area contributed by atoms with Crippen LogP contribution in [0, 0.1) is 21.7 Å². The zero-order valence-corrected chi connectivity index (χ0v) is 35.1. The summed E-state index contributed by atoms with van der Waals surface area (Å²) in [5.74, 6) is -6.38. The van der Waals surface area contributed by atoms with Crippen molar-refractivity contribution in [2.45, 2.75) is 33.1 Å². The average molecular weight is 965 g/mol. The molecule has 0 bridgehead atoms. The van der Waals surface area contributed by atoms with Crippen molar-refractivity contribution in [3.05, 3.63) is 122 Å². The number of urea groups is 1. The Labute approximate surface area is 367 Å². The molecular formula is C37H35ClF5N6O15P. The van der Waals surface area contributed by atoms with Gasteiger partial charge in [0.2, 0.25) is 0 Å². The lowest BCUT2D eigenvalue weighted by molar-refractivity contribution is -0.385. The van der Waals surface area contributed by atoms with Crippen LogP contribution >= 0.6 is 19.2 Å². The van der Waals surface area contributed by atoms with E-state index in [-0.39, 0.29) is 45.8 Å². The number of halogens is 6. The highest BCUT2D eigenvalue weighted by Crippen LogP contribution is 2.37. The average Bonchev–Trinajstić information content (AvgIpc) is 3.19. The van der Waals surface area contributed by atoms with Gasteiger partial charge in [0.15, 0.2) is 6.10 Å². The summed E-state index contributed by atoms with van der Waals surface area (Å²) < 4.78 is 89.3. The first kappa shape index (κ1) is 54.0. The Balaban J connectivity index is 0.000000377. The predicted octanol–water partition coefficient (Wildman–Crippen LogP) is 6.57. The molecule has 1 atom stereocenters. The van der Waals surface area contributed by atoms with Crippen LogP contribution in [0.3, 0.4) is 0 Å². The smallest absolute Gasteiger partial charge is 0.416 e. The minimum Gasteiger partial charge on any atom is -0.480 e. The van der Waals surface area contributed by atoms with Crippen molar-refractivity contribution in [1.82, 2.24) is 15.7 Å². The number of carboxylic acids is 2. The molecule has 350 valence electrons. The van der Waals surface area contributed by atoms with Crippen molar-refractivity contribution in [1.29, 1.82) is 0 Å². The highest BCUT2D eigenvalue weighted by molar-refractivity contribution is 7.51. The highest BCUT2D eigenvalue weighted by atomic mass is 35.5. The normalized spacial score (nSPS) is 11.6. The van der Waals surface area contributed by atoms with Crippen LogP contribution in [0.25, 0.3) is 0 Å². The predicted molar refractivity (Wildman–Crippen MR) is 216 cm³/mol. The van der Waals surface area contributed by atoms with Crippen molar-refractivity contribution in [3.63, 3.8) is 0 Å². The van der Waals surface area contributed by atoms with Gasteiger partial charge in [-0.1, -0.05) is 11.6 Å². The van der Waals surface area contributed by atoms with E-state index in [0.29, 0.717) is 12.1 Å². The second-order valence-electron chi connectivity index (χ2n) is 12.2. The molecule has 1 heterocycles. The van der Waals surface area contributed by atoms with Crippen molar-refractivity contribution in [2.24, 2.45) is 5.10 Å². The summed E-state index contributed by atoms with van der Waals surface area (Å²) in [5, 5.41) is 35.9. The number of nitro groups is 1. The van der Waals surface area contributed by atoms with E-state index in [1.54, 1.807) is 6.92 Å². The Hall–Kier alpha value is -7.12. The summed E-state index contributed by atoms with van der Waals surface area (Å²) in [6.45, 7) is 3.83. The summed E-state index contributed by atoms with van der Waals surface area (Å²) in [6, 6.07) is 9.85. The Kier molecular flexibility index (Phi) is 20.5. The van der Waals surface area contributed by atoms with Gasteiger partial charge in [0.05, 0.1) is 46.2 Å². The molecule has 0 saturated heterocycles. The molecule has 7 N–H and O–H groups in total. The number of anilines is 1. The topological polar surface area (TPSA) is 316 Å². The fraction of sp³-hybridized carbons (Fsp3) is 0.216. The molecule has 0 aliphatic rings. The fourth-order valence-corrected chi connectivity index (χ4v) is 5.09. The van der Waals surface area contributed by atoms with Crippen LogP contribution in [0.15, 0.2) is 78.0 Å². The quantitative estimate of drug-likeness (QED) is 0.0165. The van der Waals surface area contributed by atoms with Crippen molar-refractivity contribution >= 4 is 66.2 Å². The van der Waals surface area contributed by atoms with Crippen LogP contribution in [0.4, 0.5) is 38.1 Å². The third-order valence-corrected chi connectivity index (χ3v) is 8.13. The maximum Gasteiger partial charge on any atom is 0.416 e. The van der Waals surface area contributed by atoms with E-state index in [4.69, 9.17) is 45.8 Å². The van der Waals surface area contributed by atoms with Gasteiger partial charge in [-0.25, -0.2) is 33.4 Å². The molecule has 0 aliphatic heterocycles. The zero-order valence-electron chi connectivity index (χ0n) is 33.5. The molecule has 0 radical (unpaired) electrons. The summed E-state index contributed by atoms with van der Waals surface area (Å²) in [6.07, 6.45) is -5.15. The number of benzene rings is 3. The number of rotatable bonds is 15. The number of aromatic carboxylic acids is 1. The molecule has 3 aromatic carbocycles. The lowest BCUT2D eigenvalue weighted by atomic mass is 10.1. The van der Waals surface area contributed by atoms with Crippen molar-refractivity contribution in [2.75, 3.05) is 24.8 Å². The van der Waals surface area contributed by atoms with Gasteiger partial charge in [-0.05, 0) is 69.3 Å². The molecule has 0 aliphatic carbocycles. The molecule has 2 amide bonds.